The van der Waals surface area contributed by atoms with Gasteiger partial charge in [0, 0.05) is 18.3 Å². The molecule has 36 heavy (non-hydrogen) atoms. The molecule has 0 amide bonds. The molecule has 0 bridgehead atoms. The van der Waals surface area contributed by atoms with Crippen molar-refractivity contribution < 1.29 is 27.4 Å². The summed E-state index contributed by atoms with van der Waals surface area (Å²) in [6, 6.07) is 13.1. The second-order valence-electron chi connectivity index (χ2n) is 8.61. The van der Waals surface area contributed by atoms with Crippen LogP contribution in [0.2, 0.25) is 5.02 Å². The van der Waals surface area contributed by atoms with Gasteiger partial charge in [0.15, 0.2) is 0 Å². The number of halogens is 5. The largest absolute Gasteiger partial charge is 0.416 e. The summed E-state index contributed by atoms with van der Waals surface area (Å²) in [5, 5.41) is 10.9. The Labute approximate surface area is 212 Å². The minimum Gasteiger partial charge on any atom is -0.389 e. The maximum atomic E-state index is 14.4. The Kier molecular flexibility index (Phi) is 9.11. The zero-order chi connectivity index (χ0) is 26.5. The highest BCUT2D eigenvalue weighted by Gasteiger charge is 2.32. The van der Waals surface area contributed by atoms with Gasteiger partial charge in [-0.2, -0.15) is 13.2 Å². The lowest BCUT2D eigenvalue weighted by Crippen LogP contribution is -2.33. The predicted octanol–water partition coefficient (Wildman–Crippen LogP) is 7.07. The number of hydrogen-bond acceptors (Lipinski definition) is 4. The van der Waals surface area contributed by atoms with Gasteiger partial charge < -0.3 is 14.7 Å². The molecule has 1 aromatic heterocycles. The summed E-state index contributed by atoms with van der Waals surface area (Å²) in [7, 11) is 0. The molecule has 1 N–H and O–H groups in total. The normalized spacial score (nSPS) is 12.6. The van der Waals surface area contributed by atoms with E-state index in [-0.39, 0.29) is 36.4 Å². The van der Waals surface area contributed by atoms with Gasteiger partial charge in [0.25, 0.3) is 0 Å². The molecular formula is C27H27ClF4N2O2. The van der Waals surface area contributed by atoms with Crippen LogP contribution in [0, 0.1) is 5.82 Å². The van der Waals surface area contributed by atoms with Crippen molar-refractivity contribution in [3.05, 3.63) is 95.0 Å². The fraction of sp³-hybridized carbons (Fsp3) is 0.296. The average molecular weight is 523 g/mol. The first-order valence-electron chi connectivity index (χ1n) is 11.3. The minimum absolute atomic E-state index is 0.0737. The molecule has 192 valence electrons. The highest BCUT2D eigenvalue weighted by atomic mass is 35.5. The molecule has 0 aliphatic carbocycles. The summed E-state index contributed by atoms with van der Waals surface area (Å²) in [6.45, 7) is 7.43. The molecule has 0 fully saturated rings. The monoisotopic (exact) mass is 522 g/mol. The molecule has 3 aromatic rings. The van der Waals surface area contributed by atoms with E-state index in [1.807, 2.05) is 30.3 Å². The molecule has 0 saturated carbocycles. The van der Waals surface area contributed by atoms with E-state index in [4.69, 9.17) is 16.3 Å². The van der Waals surface area contributed by atoms with Gasteiger partial charge in [-0.1, -0.05) is 48.5 Å². The molecule has 0 radical (unpaired) electrons. The van der Waals surface area contributed by atoms with E-state index in [0.29, 0.717) is 23.0 Å². The molecule has 0 aliphatic heterocycles. The van der Waals surface area contributed by atoms with Crippen LogP contribution in [-0.4, -0.2) is 35.5 Å². The van der Waals surface area contributed by atoms with Gasteiger partial charge in [-0.3, -0.25) is 4.98 Å². The van der Waals surface area contributed by atoms with Gasteiger partial charge >= 0.3 is 6.18 Å². The third kappa shape index (κ3) is 7.53. The lowest BCUT2D eigenvalue weighted by Gasteiger charge is -2.30. The van der Waals surface area contributed by atoms with Gasteiger partial charge in [0.2, 0.25) is 0 Å². The van der Waals surface area contributed by atoms with Crippen LogP contribution in [0.3, 0.4) is 0 Å². The van der Waals surface area contributed by atoms with Crippen LogP contribution in [0.4, 0.5) is 28.9 Å². The van der Waals surface area contributed by atoms with E-state index in [0.717, 1.165) is 17.7 Å². The average Bonchev–Trinajstić information content (AvgIpc) is 2.82. The molecular weight excluding hydrogens is 496 g/mol. The van der Waals surface area contributed by atoms with E-state index >= 15 is 0 Å². The zero-order valence-corrected chi connectivity index (χ0v) is 20.7. The summed E-state index contributed by atoms with van der Waals surface area (Å²) in [5.41, 5.74) is 1.08. The topological polar surface area (TPSA) is 45.6 Å². The van der Waals surface area contributed by atoms with E-state index < -0.39 is 23.7 Å². The number of alkyl halides is 3. The minimum atomic E-state index is -4.76. The molecule has 0 saturated heterocycles. The number of allylic oxidation sites excluding steroid dienone is 1. The molecule has 0 spiro atoms. The first kappa shape index (κ1) is 27.6. The fourth-order valence-electron chi connectivity index (χ4n) is 3.61. The highest BCUT2D eigenvalue weighted by Crippen LogP contribution is 2.37. The lowest BCUT2D eigenvalue weighted by molar-refractivity contribution is -0.137. The second-order valence-corrected chi connectivity index (χ2v) is 9.04. The number of rotatable bonds is 10. The Morgan fingerprint density at radius 3 is 2.47 bits per heavy atom. The van der Waals surface area contributed by atoms with Crippen LogP contribution in [-0.2, 0) is 17.3 Å². The molecule has 3 rings (SSSR count). The van der Waals surface area contributed by atoms with Crippen molar-refractivity contribution in [3.63, 3.8) is 0 Å². The summed E-state index contributed by atoms with van der Waals surface area (Å²) in [5.74, 6) is -1.07. The maximum absolute atomic E-state index is 14.4. The van der Waals surface area contributed by atoms with Crippen LogP contribution in [0.5, 0.6) is 0 Å². The van der Waals surface area contributed by atoms with Crippen molar-refractivity contribution in [3.8, 4) is 0 Å². The maximum Gasteiger partial charge on any atom is 0.416 e. The molecule has 2 aromatic carbocycles. The summed E-state index contributed by atoms with van der Waals surface area (Å²) < 4.78 is 60.3. The van der Waals surface area contributed by atoms with Gasteiger partial charge in [0.1, 0.15) is 5.82 Å². The molecule has 1 unspecified atom stereocenters. The van der Waals surface area contributed by atoms with Gasteiger partial charge in [-0.05, 0) is 49.2 Å². The Bertz CT molecular complexity index is 1190. The Balaban J connectivity index is 2.08. The van der Waals surface area contributed by atoms with Crippen LogP contribution in [0.25, 0.3) is 5.57 Å². The van der Waals surface area contributed by atoms with E-state index in [1.54, 1.807) is 13.8 Å². The zero-order valence-electron chi connectivity index (χ0n) is 19.9. The van der Waals surface area contributed by atoms with Gasteiger partial charge in [0.05, 0.1) is 47.3 Å². The fourth-order valence-corrected chi connectivity index (χ4v) is 3.76. The number of anilines is 2. The van der Waals surface area contributed by atoms with Crippen molar-refractivity contribution >= 4 is 28.5 Å². The number of aliphatic hydroxyl groups excluding tert-OH is 1. The van der Waals surface area contributed by atoms with Gasteiger partial charge in [-0.25, -0.2) is 4.39 Å². The van der Waals surface area contributed by atoms with Crippen LogP contribution in [0.1, 0.15) is 30.7 Å². The van der Waals surface area contributed by atoms with Crippen molar-refractivity contribution in [1.29, 1.82) is 0 Å². The standard InChI is InChI=1S/C27H27ClF4N2O2/c1-17(2)36-16-24(35)15-34(23-11-20(27(30,31)32)10-22(29)13-23)26-12-21(28)14-33-25(26)9-18(3)19-7-5-4-6-8-19/h4-8,10-14,17,24,35H,3,9,15-16H2,1-2H3. The van der Waals surface area contributed by atoms with Crippen molar-refractivity contribution in [2.75, 3.05) is 18.1 Å². The third-order valence-electron chi connectivity index (χ3n) is 5.30. The summed E-state index contributed by atoms with van der Waals surface area (Å²) >= 11 is 6.22. The van der Waals surface area contributed by atoms with Gasteiger partial charge in [-0.15, -0.1) is 0 Å². The number of ether oxygens (including phenoxy) is 1. The molecule has 1 heterocycles. The number of aliphatic hydroxyl groups is 1. The number of aromatic nitrogens is 1. The van der Waals surface area contributed by atoms with Crippen molar-refractivity contribution in [2.45, 2.75) is 38.7 Å². The number of nitrogens with zero attached hydrogens (tertiary/aromatic N) is 2. The molecule has 0 aliphatic rings. The Morgan fingerprint density at radius 1 is 1.14 bits per heavy atom. The number of hydrogen-bond donors (Lipinski definition) is 1. The quantitative estimate of drug-likeness (QED) is 0.289. The first-order valence-corrected chi connectivity index (χ1v) is 11.6. The second kappa shape index (κ2) is 11.9. The Morgan fingerprint density at radius 2 is 1.83 bits per heavy atom. The third-order valence-corrected chi connectivity index (χ3v) is 5.51. The molecule has 9 heteroatoms. The summed E-state index contributed by atoms with van der Waals surface area (Å²) in [6.07, 6.45) is -4.38. The van der Waals surface area contributed by atoms with Crippen molar-refractivity contribution in [2.24, 2.45) is 0 Å². The van der Waals surface area contributed by atoms with E-state index in [2.05, 4.69) is 11.6 Å². The highest BCUT2D eigenvalue weighted by molar-refractivity contribution is 6.30. The van der Waals surface area contributed by atoms with E-state index in [9.17, 15) is 22.7 Å². The number of benzene rings is 2. The van der Waals surface area contributed by atoms with Crippen LogP contribution in [0.15, 0.2) is 67.4 Å². The lowest BCUT2D eigenvalue weighted by atomic mass is 10.0. The van der Waals surface area contributed by atoms with Crippen LogP contribution < -0.4 is 4.90 Å². The SMILES string of the molecule is C=C(Cc1ncc(Cl)cc1N(CC(O)COC(C)C)c1cc(F)cc(C(F)(F)F)c1)c1ccccc1. The smallest absolute Gasteiger partial charge is 0.389 e. The Hall–Kier alpha value is -2.94. The molecule has 4 nitrogen and oxygen atoms in total. The molecule has 1 atom stereocenters. The summed E-state index contributed by atoms with van der Waals surface area (Å²) in [4.78, 5) is 5.78. The van der Waals surface area contributed by atoms with E-state index in [1.165, 1.54) is 17.2 Å². The number of pyridine rings is 1. The van der Waals surface area contributed by atoms with Crippen molar-refractivity contribution in [1.82, 2.24) is 4.98 Å². The van der Waals surface area contributed by atoms with Crippen LogP contribution >= 0.6 is 11.6 Å². The first-order chi connectivity index (χ1) is 16.9. The predicted molar refractivity (Wildman–Crippen MR) is 134 cm³/mol.